The van der Waals surface area contributed by atoms with Gasteiger partial charge in [-0.25, -0.2) is 4.79 Å². The second kappa shape index (κ2) is 6.79. The van der Waals surface area contributed by atoms with Crippen molar-refractivity contribution in [3.8, 4) is 0 Å². The summed E-state index contributed by atoms with van der Waals surface area (Å²) >= 11 is 5.93. The molecule has 0 aliphatic carbocycles. The number of likely N-dealkylation sites (tertiary alicyclic amines) is 1. The summed E-state index contributed by atoms with van der Waals surface area (Å²) in [6.45, 7) is 2.88. The number of hydrogen-bond donors (Lipinski definition) is 1. The number of amides is 2. The minimum absolute atomic E-state index is 0.0194. The Labute approximate surface area is 133 Å². The van der Waals surface area contributed by atoms with Crippen molar-refractivity contribution < 1.29 is 19.1 Å². The number of ether oxygens (including phenoxy) is 1. The Bertz CT molecular complexity index is 618. The summed E-state index contributed by atoms with van der Waals surface area (Å²) < 4.78 is 4.63. The van der Waals surface area contributed by atoms with E-state index in [-0.39, 0.29) is 34.7 Å². The summed E-state index contributed by atoms with van der Waals surface area (Å²) in [5.41, 5.74) is 0.622. The van der Waals surface area contributed by atoms with E-state index in [1.807, 2.05) is 6.92 Å². The molecule has 1 aliphatic heterocycles. The van der Waals surface area contributed by atoms with Gasteiger partial charge in [-0.1, -0.05) is 11.6 Å². The number of esters is 1. The third-order valence-corrected chi connectivity index (χ3v) is 3.94. The number of carbonyl (C=O) groups excluding carboxylic acids is 3. The molecular formula is C15H17ClN2O4. The van der Waals surface area contributed by atoms with E-state index < -0.39 is 5.97 Å². The van der Waals surface area contributed by atoms with Crippen LogP contribution in [0.3, 0.4) is 0 Å². The maximum atomic E-state index is 12.2. The summed E-state index contributed by atoms with van der Waals surface area (Å²) in [5.74, 6) is -1.23. The highest BCUT2D eigenvalue weighted by molar-refractivity contribution is 6.33. The normalized spacial score (nSPS) is 17.5. The average Bonchev–Trinajstić information content (AvgIpc) is 2.89. The van der Waals surface area contributed by atoms with Gasteiger partial charge in [-0.3, -0.25) is 9.59 Å². The fraction of sp³-hybridized carbons (Fsp3) is 0.400. The molecule has 1 saturated heterocycles. The van der Waals surface area contributed by atoms with Crippen molar-refractivity contribution in [3.63, 3.8) is 0 Å². The number of anilines is 1. The average molecular weight is 325 g/mol. The predicted octanol–water partition coefficient (Wildman–Crippen LogP) is 1.93. The first-order valence-electron chi connectivity index (χ1n) is 6.92. The molecule has 1 heterocycles. The molecule has 0 saturated carbocycles. The second-order valence-corrected chi connectivity index (χ2v) is 5.42. The Kier molecular flexibility index (Phi) is 5.03. The topological polar surface area (TPSA) is 75.7 Å². The van der Waals surface area contributed by atoms with Gasteiger partial charge < -0.3 is 15.0 Å². The minimum atomic E-state index is -0.575. The van der Waals surface area contributed by atoms with Crippen LogP contribution in [0.4, 0.5) is 5.69 Å². The van der Waals surface area contributed by atoms with Gasteiger partial charge in [0.25, 0.3) is 0 Å². The number of hydrogen-bond acceptors (Lipinski definition) is 4. The number of rotatable bonds is 4. The van der Waals surface area contributed by atoms with Crippen LogP contribution in [-0.4, -0.2) is 42.9 Å². The van der Waals surface area contributed by atoms with Gasteiger partial charge in [-0.2, -0.15) is 0 Å². The lowest BCUT2D eigenvalue weighted by Crippen LogP contribution is -2.28. The van der Waals surface area contributed by atoms with Crippen molar-refractivity contribution in [3.05, 3.63) is 28.8 Å². The Morgan fingerprint density at radius 1 is 1.45 bits per heavy atom. The van der Waals surface area contributed by atoms with Gasteiger partial charge in [-0.15, -0.1) is 0 Å². The molecule has 22 heavy (non-hydrogen) atoms. The van der Waals surface area contributed by atoms with Crippen LogP contribution in [0.5, 0.6) is 0 Å². The van der Waals surface area contributed by atoms with Crippen molar-refractivity contribution in [1.82, 2.24) is 4.90 Å². The quantitative estimate of drug-likeness (QED) is 0.859. The van der Waals surface area contributed by atoms with E-state index in [1.54, 1.807) is 11.0 Å². The Balaban J connectivity index is 2.09. The van der Waals surface area contributed by atoms with E-state index >= 15 is 0 Å². The molecule has 0 bridgehead atoms. The molecule has 0 radical (unpaired) electrons. The molecule has 1 atom stereocenters. The third-order valence-electron chi connectivity index (χ3n) is 3.61. The van der Waals surface area contributed by atoms with Gasteiger partial charge in [-0.05, 0) is 25.1 Å². The van der Waals surface area contributed by atoms with Crippen molar-refractivity contribution in [2.45, 2.75) is 13.3 Å². The minimum Gasteiger partial charge on any atom is -0.465 e. The van der Waals surface area contributed by atoms with Gasteiger partial charge in [0.05, 0.1) is 23.6 Å². The van der Waals surface area contributed by atoms with Gasteiger partial charge in [0, 0.05) is 25.2 Å². The number of methoxy groups -OCH3 is 1. The van der Waals surface area contributed by atoms with Crippen molar-refractivity contribution in [2.24, 2.45) is 5.92 Å². The lowest BCUT2D eigenvalue weighted by Gasteiger charge is -2.14. The highest BCUT2D eigenvalue weighted by Crippen LogP contribution is 2.23. The fourth-order valence-corrected chi connectivity index (χ4v) is 2.56. The Morgan fingerprint density at radius 3 is 2.77 bits per heavy atom. The van der Waals surface area contributed by atoms with Gasteiger partial charge >= 0.3 is 5.97 Å². The van der Waals surface area contributed by atoms with Gasteiger partial charge in [0.1, 0.15) is 0 Å². The number of benzene rings is 1. The summed E-state index contributed by atoms with van der Waals surface area (Å²) in [6, 6.07) is 4.57. The van der Waals surface area contributed by atoms with E-state index in [4.69, 9.17) is 11.6 Å². The molecule has 6 nitrogen and oxygen atoms in total. The molecule has 1 fully saturated rings. The van der Waals surface area contributed by atoms with Gasteiger partial charge in [0.15, 0.2) is 0 Å². The monoisotopic (exact) mass is 324 g/mol. The maximum Gasteiger partial charge on any atom is 0.339 e. The zero-order valence-electron chi connectivity index (χ0n) is 12.4. The van der Waals surface area contributed by atoms with Crippen LogP contribution < -0.4 is 5.32 Å². The van der Waals surface area contributed by atoms with Gasteiger partial charge in [0.2, 0.25) is 11.8 Å². The van der Waals surface area contributed by atoms with Crippen LogP contribution in [0.25, 0.3) is 0 Å². The summed E-state index contributed by atoms with van der Waals surface area (Å²) in [5, 5.41) is 2.96. The molecule has 1 N–H and O–H groups in total. The van der Waals surface area contributed by atoms with Crippen molar-refractivity contribution >= 4 is 35.1 Å². The molecule has 7 heteroatoms. The lowest BCUT2D eigenvalue weighted by molar-refractivity contribution is -0.128. The van der Waals surface area contributed by atoms with E-state index in [2.05, 4.69) is 10.1 Å². The van der Waals surface area contributed by atoms with Crippen LogP contribution in [0, 0.1) is 5.92 Å². The largest absolute Gasteiger partial charge is 0.465 e. The molecule has 0 spiro atoms. The summed E-state index contributed by atoms with van der Waals surface area (Å²) in [6.07, 6.45) is 0.205. The molecular weight excluding hydrogens is 308 g/mol. The molecule has 1 aliphatic rings. The SMILES string of the molecule is CCN1CC(C(=O)Nc2ccc(Cl)c(C(=O)OC)c2)CC1=O. The smallest absolute Gasteiger partial charge is 0.339 e. The number of nitrogens with zero attached hydrogens (tertiary/aromatic N) is 1. The Hall–Kier alpha value is -2.08. The number of nitrogens with one attached hydrogen (secondary N) is 1. The van der Waals surface area contributed by atoms with E-state index in [9.17, 15) is 14.4 Å². The number of carbonyl (C=O) groups is 3. The molecule has 1 aromatic carbocycles. The van der Waals surface area contributed by atoms with Crippen LogP contribution in [0.2, 0.25) is 5.02 Å². The second-order valence-electron chi connectivity index (χ2n) is 5.01. The standard InChI is InChI=1S/C15H17ClN2O4/c1-3-18-8-9(6-13(18)19)14(20)17-10-4-5-12(16)11(7-10)15(21)22-2/h4-5,7,9H,3,6,8H2,1-2H3,(H,17,20). The molecule has 0 aromatic heterocycles. The Morgan fingerprint density at radius 2 is 2.18 bits per heavy atom. The fourth-order valence-electron chi connectivity index (χ4n) is 2.37. The summed E-state index contributed by atoms with van der Waals surface area (Å²) in [7, 11) is 1.26. The highest BCUT2D eigenvalue weighted by atomic mass is 35.5. The molecule has 2 amide bonds. The van der Waals surface area contributed by atoms with Crippen LogP contribution >= 0.6 is 11.6 Å². The lowest BCUT2D eigenvalue weighted by atomic mass is 10.1. The van der Waals surface area contributed by atoms with E-state index in [1.165, 1.54) is 19.2 Å². The maximum absolute atomic E-state index is 12.2. The first-order chi connectivity index (χ1) is 10.5. The number of halogens is 1. The predicted molar refractivity (Wildman–Crippen MR) is 81.8 cm³/mol. The first kappa shape index (κ1) is 16.3. The van der Waals surface area contributed by atoms with Crippen LogP contribution in [-0.2, 0) is 14.3 Å². The van der Waals surface area contributed by atoms with E-state index in [0.29, 0.717) is 18.8 Å². The molecule has 1 unspecified atom stereocenters. The molecule has 2 rings (SSSR count). The van der Waals surface area contributed by atoms with Crippen LogP contribution in [0.1, 0.15) is 23.7 Å². The highest BCUT2D eigenvalue weighted by Gasteiger charge is 2.33. The third kappa shape index (κ3) is 3.39. The van der Waals surface area contributed by atoms with Crippen molar-refractivity contribution in [1.29, 1.82) is 0 Å². The van der Waals surface area contributed by atoms with Crippen LogP contribution in [0.15, 0.2) is 18.2 Å². The zero-order valence-corrected chi connectivity index (χ0v) is 13.1. The van der Waals surface area contributed by atoms with Crippen molar-refractivity contribution in [2.75, 3.05) is 25.5 Å². The zero-order chi connectivity index (χ0) is 16.3. The first-order valence-corrected chi connectivity index (χ1v) is 7.30. The molecule has 118 valence electrons. The molecule has 1 aromatic rings. The van der Waals surface area contributed by atoms with E-state index in [0.717, 1.165) is 0 Å². The summed E-state index contributed by atoms with van der Waals surface area (Å²) in [4.78, 5) is 37.1.